The third-order valence-corrected chi connectivity index (χ3v) is 2.08. The molecule has 0 aliphatic carbocycles. The summed E-state index contributed by atoms with van der Waals surface area (Å²) >= 11 is 0. The molecule has 1 heterocycles. The minimum atomic E-state index is 0.547. The van der Waals surface area contributed by atoms with E-state index in [0.29, 0.717) is 11.4 Å². The molecule has 0 N–H and O–H groups in total. The molecule has 0 unspecified atom stereocenters. The van der Waals surface area contributed by atoms with E-state index in [-0.39, 0.29) is 0 Å². The molecule has 0 aliphatic rings. The molecule has 3 nitrogen and oxygen atoms in total. The molecule has 3 heteroatoms. The lowest BCUT2D eigenvalue weighted by molar-refractivity contribution is -0.354. The fraction of sp³-hybridized carbons (Fsp3) is 0.0833. The molecule has 0 fully saturated rings. The second kappa shape index (κ2) is 4.00. The Kier molecular flexibility index (Phi) is 2.54. The maximum atomic E-state index is 11.6. The Balaban J connectivity index is 2.28. The van der Waals surface area contributed by atoms with E-state index in [0.717, 1.165) is 10.3 Å². The molecule has 0 radical (unpaired) electrons. The van der Waals surface area contributed by atoms with E-state index in [1.807, 2.05) is 19.1 Å². The number of nitrogens with zero attached hydrogens (tertiary/aromatic N) is 1. The standard InChI is InChI=1S/C12H11NO2/c1-10-4-6-11(7-5-10)13(14)9-12-3-2-8-15-12/h2-9H,1H3. The van der Waals surface area contributed by atoms with Crippen LogP contribution in [0.25, 0.3) is 0 Å². The number of hydrogen-bond acceptors (Lipinski definition) is 2. The van der Waals surface area contributed by atoms with E-state index in [9.17, 15) is 5.21 Å². The normalized spacial score (nSPS) is 11.7. The van der Waals surface area contributed by atoms with Gasteiger partial charge in [0, 0.05) is 12.1 Å². The summed E-state index contributed by atoms with van der Waals surface area (Å²) in [6.07, 6.45) is 2.94. The van der Waals surface area contributed by atoms with Crippen molar-refractivity contribution in [1.29, 1.82) is 0 Å². The minimum Gasteiger partial charge on any atom is -0.618 e. The van der Waals surface area contributed by atoms with Crippen LogP contribution < -0.4 is 0 Å². The van der Waals surface area contributed by atoms with E-state index in [4.69, 9.17) is 4.42 Å². The van der Waals surface area contributed by atoms with E-state index in [1.165, 1.54) is 12.5 Å². The van der Waals surface area contributed by atoms with Crippen molar-refractivity contribution in [2.75, 3.05) is 0 Å². The Morgan fingerprint density at radius 2 is 1.93 bits per heavy atom. The highest BCUT2D eigenvalue weighted by atomic mass is 16.5. The second-order valence-corrected chi connectivity index (χ2v) is 3.31. The molecule has 76 valence electrons. The summed E-state index contributed by atoms with van der Waals surface area (Å²) < 4.78 is 5.84. The maximum absolute atomic E-state index is 11.6. The van der Waals surface area contributed by atoms with Gasteiger partial charge in [-0.3, -0.25) is 0 Å². The first-order chi connectivity index (χ1) is 7.25. The summed E-state index contributed by atoms with van der Waals surface area (Å²) in [7, 11) is 0. The average Bonchev–Trinajstić information content (AvgIpc) is 2.71. The molecule has 0 spiro atoms. The Morgan fingerprint density at radius 3 is 2.53 bits per heavy atom. The smallest absolute Gasteiger partial charge is 0.223 e. The molecule has 2 aromatic rings. The van der Waals surface area contributed by atoms with Gasteiger partial charge in [0.15, 0.2) is 5.76 Å². The van der Waals surface area contributed by atoms with Gasteiger partial charge in [0.05, 0.1) is 6.26 Å². The van der Waals surface area contributed by atoms with Crippen LogP contribution in [0.5, 0.6) is 0 Å². The van der Waals surface area contributed by atoms with Crippen LogP contribution in [0.4, 0.5) is 5.69 Å². The summed E-state index contributed by atoms with van der Waals surface area (Å²) in [5.41, 5.74) is 1.72. The van der Waals surface area contributed by atoms with Gasteiger partial charge in [-0.1, -0.05) is 17.7 Å². The maximum Gasteiger partial charge on any atom is 0.223 e. The summed E-state index contributed by atoms with van der Waals surface area (Å²) in [5.74, 6) is 0.547. The van der Waals surface area contributed by atoms with Gasteiger partial charge in [-0.25, -0.2) is 0 Å². The summed E-state index contributed by atoms with van der Waals surface area (Å²) in [6.45, 7) is 1.98. The molecule has 2 rings (SSSR count). The first-order valence-electron chi connectivity index (χ1n) is 4.67. The number of rotatable bonds is 2. The number of aryl methyl sites for hydroxylation is 1. The average molecular weight is 201 g/mol. The molecule has 1 aromatic carbocycles. The van der Waals surface area contributed by atoms with Crippen molar-refractivity contribution in [2.24, 2.45) is 0 Å². The van der Waals surface area contributed by atoms with E-state index >= 15 is 0 Å². The quantitative estimate of drug-likeness (QED) is 0.324. The molecule has 0 saturated heterocycles. The highest BCUT2D eigenvalue weighted by Crippen LogP contribution is 2.11. The summed E-state index contributed by atoms with van der Waals surface area (Å²) in [6, 6.07) is 10.8. The van der Waals surface area contributed by atoms with Crippen LogP contribution in [-0.2, 0) is 0 Å². The Morgan fingerprint density at radius 1 is 1.20 bits per heavy atom. The van der Waals surface area contributed by atoms with Crippen molar-refractivity contribution < 1.29 is 9.16 Å². The van der Waals surface area contributed by atoms with E-state index in [1.54, 1.807) is 24.3 Å². The fourth-order valence-corrected chi connectivity index (χ4v) is 1.25. The van der Waals surface area contributed by atoms with Gasteiger partial charge >= 0.3 is 0 Å². The van der Waals surface area contributed by atoms with Crippen LogP contribution >= 0.6 is 0 Å². The van der Waals surface area contributed by atoms with Crippen molar-refractivity contribution in [3.05, 3.63) is 59.2 Å². The van der Waals surface area contributed by atoms with Gasteiger partial charge in [0.25, 0.3) is 0 Å². The van der Waals surface area contributed by atoms with Crippen molar-refractivity contribution in [3.8, 4) is 0 Å². The predicted octanol–water partition coefficient (Wildman–Crippen LogP) is 2.85. The highest BCUT2D eigenvalue weighted by molar-refractivity contribution is 5.72. The molecule has 15 heavy (non-hydrogen) atoms. The molecule has 0 bridgehead atoms. The van der Waals surface area contributed by atoms with Crippen LogP contribution in [0.2, 0.25) is 0 Å². The van der Waals surface area contributed by atoms with Crippen LogP contribution in [0.1, 0.15) is 11.3 Å². The van der Waals surface area contributed by atoms with Crippen molar-refractivity contribution in [1.82, 2.24) is 0 Å². The fourth-order valence-electron chi connectivity index (χ4n) is 1.25. The van der Waals surface area contributed by atoms with Crippen LogP contribution in [-0.4, -0.2) is 11.0 Å². The molecule has 0 amide bonds. The minimum absolute atomic E-state index is 0.547. The largest absolute Gasteiger partial charge is 0.618 e. The molecular weight excluding hydrogens is 190 g/mol. The van der Waals surface area contributed by atoms with Gasteiger partial charge in [0.2, 0.25) is 11.9 Å². The van der Waals surface area contributed by atoms with Crippen molar-refractivity contribution >= 4 is 11.9 Å². The molecule has 0 saturated carbocycles. The zero-order chi connectivity index (χ0) is 10.7. The topological polar surface area (TPSA) is 39.2 Å². The van der Waals surface area contributed by atoms with Gasteiger partial charge in [-0.2, -0.15) is 4.74 Å². The lowest BCUT2D eigenvalue weighted by Gasteiger charge is -2.01. The van der Waals surface area contributed by atoms with Gasteiger partial charge in [-0.15, -0.1) is 0 Å². The second-order valence-electron chi connectivity index (χ2n) is 3.31. The SMILES string of the molecule is Cc1ccc([N+]([O-])=Cc2ccco2)cc1. The van der Waals surface area contributed by atoms with Crippen LogP contribution in [0.15, 0.2) is 47.1 Å². The van der Waals surface area contributed by atoms with Crippen LogP contribution in [0.3, 0.4) is 0 Å². The third kappa shape index (κ3) is 2.26. The molecule has 1 aromatic heterocycles. The molecule has 0 aliphatic heterocycles. The predicted molar refractivity (Wildman–Crippen MR) is 58.3 cm³/mol. The molecular formula is C12H11NO2. The highest BCUT2D eigenvalue weighted by Gasteiger charge is 2.01. The Hall–Kier alpha value is -2.03. The monoisotopic (exact) mass is 201 g/mol. The van der Waals surface area contributed by atoms with Gasteiger partial charge in [0.1, 0.15) is 0 Å². The van der Waals surface area contributed by atoms with E-state index in [2.05, 4.69) is 0 Å². The first-order valence-corrected chi connectivity index (χ1v) is 4.67. The number of hydrogen-bond donors (Lipinski definition) is 0. The Labute approximate surface area is 87.9 Å². The van der Waals surface area contributed by atoms with E-state index < -0.39 is 0 Å². The lowest BCUT2D eigenvalue weighted by Crippen LogP contribution is -1.97. The number of benzene rings is 1. The zero-order valence-corrected chi connectivity index (χ0v) is 8.38. The summed E-state index contributed by atoms with van der Waals surface area (Å²) in [5, 5.41) is 11.6. The first kappa shape index (κ1) is 9.52. The third-order valence-electron chi connectivity index (χ3n) is 2.08. The van der Waals surface area contributed by atoms with Crippen LogP contribution in [0, 0.1) is 12.1 Å². The Bertz CT molecular complexity index is 455. The zero-order valence-electron chi connectivity index (χ0n) is 8.38. The van der Waals surface area contributed by atoms with Gasteiger partial charge < -0.3 is 9.62 Å². The van der Waals surface area contributed by atoms with Gasteiger partial charge in [-0.05, 0) is 19.1 Å². The number of furan rings is 1. The van der Waals surface area contributed by atoms with Crippen molar-refractivity contribution in [2.45, 2.75) is 6.92 Å². The summed E-state index contributed by atoms with van der Waals surface area (Å²) in [4.78, 5) is 0. The van der Waals surface area contributed by atoms with Crippen molar-refractivity contribution in [3.63, 3.8) is 0 Å². The molecule has 0 atom stereocenters. The lowest BCUT2D eigenvalue weighted by atomic mass is 10.2.